The number of carbonyl (C=O) groups excluding carboxylic acids is 2. The van der Waals surface area contributed by atoms with Crippen molar-refractivity contribution in [1.82, 2.24) is 10.6 Å². The molecule has 150 valence electrons. The molecule has 28 heavy (non-hydrogen) atoms. The number of hydrogen-bond acceptors (Lipinski definition) is 4. The van der Waals surface area contributed by atoms with Gasteiger partial charge in [0.05, 0.1) is 17.1 Å². The third-order valence-electron chi connectivity index (χ3n) is 4.13. The Morgan fingerprint density at radius 1 is 1.04 bits per heavy atom. The summed E-state index contributed by atoms with van der Waals surface area (Å²) in [6.07, 6.45) is 0.800. The Kier molecular flexibility index (Phi) is 7.17. The zero-order valence-electron chi connectivity index (χ0n) is 16.2. The summed E-state index contributed by atoms with van der Waals surface area (Å²) in [5.41, 5.74) is 1.71. The molecule has 0 heterocycles. The molecule has 2 rings (SSSR count). The van der Waals surface area contributed by atoms with Crippen molar-refractivity contribution in [3.63, 3.8) is 0 Å². The normalized spacial score (nSPS) is 11.0. The lowest BCUT2D eigenvalue weighted by atomic mass is 10.2. The van der Waals surface area contributed by atoms with Crippen LogP contribution in [-0.2, 0) is 14.8 Å². The first-order valence-electron chi connectivity index (χ1n) is 8.96. The van der Waals surface area contributed by atoms with E-state index >= 15 is 0 Å². The number of amides is 2. The van der Waals surface area contributed by atoms with Gasteiger partial charge in [0.15, 0.2) is 0 Å². The number of benzene rings is 2. The number of aryl methyl sites for hydroxylation is 1. The van der Waals surface area contributed by atoms with E-state index in [0.29, 0.717) is 12.2 Å². The Morgan fingerprint density at radius 2 is 1.71 bits per heavy atom. The second kappa shape index (κ2) is 9.36. The fourth-order valence-electron chi connectivity index (χ4n) is 2.44. The van der Waals surface area contributed by atoms with E-state index in [1.165, 1.54) is 35.6 Å². The molecule has 0 atom stereocenters. The fraction of sp³-hybridized carbons (Fsp3) is 0.300. The maximum Gasteiger partial charge on any atom is 0.264 e. The van der Waals surface area contributed by atoms with E-state index in [9.17, 15) is 18.0 Å². The minimum atomic E-state index is -3.83. The SMILES string of the molecule is CCCNC(=O)CNC(=O)c1cccc(S(=O)(=O)N(C)c2ccc(C)cc2)c1. The second-order valence-corrected chi connectivity index (χ2v) is 8.34. The Hall–Kier alpha value is -2.87. The monoisotopic (exact) mass is 403 g/mol. The van der Waals surface area contributed by atoms with Crippen LogP contribution in [0.25, 0.3) is 0 Å². The highest BCUT2D eigenvalue weighted by molar-refractivity contribution is 7.92. The minimum Gasteiger partial charge on any atom is -0.355 e. The molecule has 0 saturated heterocycles. The van der Waals surface area contributed by atoms with E-state index in [1.54, 1.807) is 12.1 Å². The molecule has 0 aliphatic carbocycles. The summed E-state index contributed by atoms with van der Waals surface area (Å²) in [6, 6.07) is 12.8. The van der Waals surface area contributed by atoms with Gasteiger partial charge in [0.25, 0.3) is 15.9 Å². The first-order chi connectivity index (χ1) is 13.3. The van der Waals surface area contributed by atoms with Crippen LogP contribution in [0.3, 0.4) is 0 Å². The largest absolute Gasteiger partial charge is 0.355 e. The van der Waals surface area contributed by atoms with Crippen LogP contribution in [-0.4, -0.2) is 40.4 Å². The number of carbonyl (C=O) groups is 2. The van der Waals surface area contributed by atoms with Crippen molar-refractivity contribution in [3.05, 3.63) is 59.7 Å². The summed E-state index contributed by atoms with van der Waals surface area (Å²) >= 11 is 0. The molecular formula is C20H25N3O4S. The molecule has 2 N–H and O–H groups in total. The first-order valence-corrected chi connectivity index (χ1v) is 10.4. The molecule has 0 spiro atoms. The summed E-state index contributed by atoms with van der Waals surface area (Å²) in [5, 5.41) is 5.15. The predicted octanol–water partition coefficient (Wildman–Crippen LogP) is 2.08. The average Bonchev–Trinajstić information content (AvgIpc) is 2.70. The molecular weight excluding hydrogens is 378 g/mol. The molecule has 2 aromatic rings. The summed E-state index contributed by atoms with van der Waals surface area (Å²) in [7, 11) is -2.37. The molecule has 0 bridgehead atoms. The summed E-state index contributed by atoms with van der Waals surface area (Å²) in [5.74, 6) is -0.806. The smallest absolute Gasteiger partial charge is 0.264 e. The van der Waals surface area contributed by atoms with Crippen LogP contribution in [0.1, 0.15) is 29.3 Å². The maximum atomic E-state index is 12.9. The van der Waals surface area contributed by atoms with Crippen LogP contribution in [0.5, 0.6) is 0 Å². The number of hydrogen-bond donors (Lipinski definition) is 2. The van der Waals surface area contributed by atoms with Gasteiger partial charge in [-0.15, -0.1) is 0 Å². The average molecular weight is 404 g/mol. The van der Waals surface area contributed by atoms with Gasteiger partial charge in [0, 0.05) is 19.2 Å². The topological polar surface area (TPSA) is 95.6 Å². The fourth-order valence-corrected chi connectivity index (χ4v) is 3.68. The van der Waals surface area contributed by atoms with Crippen molar-refractivity contribution in [2.45, 2.75) is 25.2 Å². The van der Waals surface area contributed by atoms with Crippen LogP contribution in [0.4, 0.5) is 5.69 Å². The van der Waals surface area contributed by atoms with Gasteiger partial charge in [-0.3, -0.25) is 13.9 Å². The van der Waals surface area contributed by atoms with Gasteiger partial charge in [-0.05, 0) is 43.7 Å². The van der Waals surface area contributed by atoms with Crippen molar-refractivity contribution < 1.29 is 18.0 Å². The molecule has 0 aliphatic rings. The Labute approximate surface area is 165 Å². The minimum absolute atomic E-state index is 0.00124. The predicted molar refractivity (Wildman–Crippen MR) is 109 cm³/mol. The highest BCUT2D eigenvalue weighted by Crippen LogP contribution is 2.23. The van der Waals surface area contributed by atoms with Crippen LogP contribution in [0.2, 0.25) is 0 Å². The molecule has 8 heteroatoms. The zero-order chi connectivity index (χ0) is 20.7. The quantitative estimate of drug-likeness (QED) is 0.705. The summed E-state index contributed by atoms with van der Waals surface area (Å²) < 4.78 is 27.0. The first kappa shape index (κ1) is 21.4. The molecule has 0 saturated carbocycles. The lowest BCUT2D eigenvalue weighted by molar-refractivity contribution is -0.120. The third kappa shape index (κ3) is 5.32. The molecule has 0 radical (unpaired) electrons. The van der Waals surface area contributed by atoms with Crippen LogP contribution in [0, 0.1) is 6.92 Å². The van der Waals surface area contributed by atoms with Crippen molar-refractivity contribution in [2.24, 2.45) is 0 Å². The Bertz CT molecular complexity index is 940. The van der Waals surface area contributed by atoms with Crippen molar-refractivity contribution in [3.8, 4) is 0 Å². The summed E-state index contributed by atoms with van der Waals surface area (Å²) in [6.45, 7) is 4.22. The molecule has 0 fully saturated rings. The van der Waals surface area contributed by atoms with Gasteiger partial charge < -0.3 is 10.6 Å². The van der Waals surface area contributed by atoms with E-state index in [0.717, 1.165) is 12.0 Å². The van der Waals surface area contributed by atoms with Gasteiger partial charge in [-0.2, -0.15) is 0 Å². The molecule has 2 amide bonds. The number of nitrogens with zero attached hydrogens (tertiary/aromatic N) is 1. The molecule has 0 unspecified atom stereocenters. The Morgan fingerprint density at radius 3 is 2.36 bits per heavy atom. The van der Waals surface area contributed by atoms with E-state index in [2.05, 4.69) is 10.6 Å². The molecule has 7 nitrogen and oxygen atoms in total. The van der Waals surface area contributed by atoms with Gasteiger partial charge in [0.2, 0.25) is 5.91 Å². The van der Waals surface area contributed by atoms with Gasteiger partial charge in [0.1, 0.15) is 0 Å². The summed E-state index contributed by atoms with van der Waals surface area (Å²) in [4.78, 5) is 23.9. The van der Waals surface area contributed by atoms with Gasteiger partial charge in [-0.25, -0.2) is 8.42 Å². The Balaban J connectivity index is 2.15. The number of anilines is 1. The number of sulfonamides is 1. The van der Waals surface area contributed by atoms with Crippen molar-refractivity contribution >= 4 is 27.5 Å². The molecule has 0 aliphatic heterocycles. The second-order valence-electron chi connectivity index (χ2n) is 6.37. The van der Waals surface area contributed by atoms with E-state index in [1.807, 2.05) is 26.0 Å². The van der Waals surface area contributed by atoms with Crippen LogP contribution >= 0.6 is 0 Å². The molecule has 0 aromatic heterocycles. The van der Waals surface area contributed by atoms with Crippen LogP contribution < -0.4 is 14.9 Å². The standard InChI is InChI=1S/C20H25N3O4S/c1-4-12-21-19(24)14-22-20(25)16-6-5-7-18(13-16)28(26,27)23(3)17-10-8-15(2)9-11-17/h5-11,13H,4,12,14H2,1-3H3,(H,21,24)(H,22,25). The van der Waals surface area contributed by atoms with E-state index in [4.69, 9.17) is 0 Å². The molecule has 2 aromatic carbocycles. The zero-order valence-corrected chi connectivity index (χ0v) is 17.0. The van der Waals surface area contributed by atoms with E-state index in [-0.39, 0.29) is 22.9 Å². The highest BCUT2D eigenvalue weighted by Gasteiger charge is 2.22. The number of rotatable bonds is 8. The van der Waals surface area contributed by atoms with Crippen LogP contribution in [0.15, 0.2) is 53.4 Å². The third-order valence-corrected chi connectivity index (χ3v) is 5.92. The highest BCUT2D eigenvalue weighted by atomic mass is 32.2. The maximum absolute atomic E-state index is 12.9. The van der Waals surface area contributed by atoms with Gasteiger partial charge in [-0.1, -0.05) is 30.7 Å². The lowest BCUT2D eigenvalue weighted by Crippen LogP contribution is -2.37. The van der Waals surface area contributed by atoms with Crippen molar-refractivity contribution in [2.75, 3.05) is 24.4 Å². The van der Waals surface area contributed by atoms with Crippen molar-refractivity contribution in [1.29, 1.82) is 0 Å². The lowest BCUT2D eigenvalue weighted by Gasteiger charge is -2.20. The van der Waals surface area contributed by atoms with E-state index < -0.39 is 15.9 Å². The number of nitrogens with one attached hydrogen (secondary N) is 2. The van der Waals surface area contributed by atoms with Gasteiger partial charge >= 0.3 is 0 Å².